The molecule has 0 amide bonds. The van der Waals surface area contributed by atoms with Gasteiger partial charge in [-0.1, -0.05) is 18.2 Å². The molecule has 4 heteroatoms. The fraction of sp³-hybridized carbons (Fsp3) is 0.556. The summed E-state index contributed by atoms with van der Waals surface area (Å²) in [5.41, 5.74) is 0.172. The smallest absolute Gasteiger partial charge is 0.165 e. The van der Waals surface area contributed by atoms with Gasteiger partial charge in [0.15, 0.2) is 11.5 Å². The summed E-state index contributed by atoms with van der Waals surface area (Å²) in [7, 11) is 1.48. The molecule has 2 bridgehead atoms. The van der Waals surface area contributed by atoms with E-state index in [1.807, 2.05) is 0 Å². The molecule has 4 aliphatic rings. The SMILES string of the molecule is [2H]C([2H])([2H])N1CC[C@]23c4c5ccc(OC)c4OC2([2H])C([2H])(O)C=C[C@H]3[C@@]1([2H])C5. The highest BCUT2D eigenvalue weighted by Gasteiger charge is 2.64. The molecule has 4 nitrogen and oxygen atoms in total. The second kappa shape index (κ2) is 4.06. The summed E-state index contributed by atoms with van der Waals surface area (Å²) in [5.74, 6) is -0.00338. The fourth-order valence-electron chi connectivity index (χ4n) is 4.60. The quantitative estimate of drug-likeness (QED) is 0.799. The van der Waals surface area contributed by atoms with Crippen LogP contribution in [0.15, 0.2) is 24.3 Å². The minimum Gasteiger partial charge on any atom is -0.493 e. The molecule has 0 aromatic heterocycles. The van der Waals surface area contributed by atoms with Crippen LogP contribution < -0.4 is 9.47 Å². The van der Waals surface area contributed by atoms with Crippen LogP contribution in [0, 0.1) is 5.92 Å². The third kappa shape index (κ3) is 1.28. The van der Waals surface area contributed by atoms with Crippen LogP contribution in [0.5, 0.6) is 11.5 Å². The zero-order chi connectivity index (χ0) is 20.3. The number of likely N-dealkylation sites (tertiary alicyclic amines) is 1. The molecule has 1 fully saturated rings. The first-order valence-corrected chi connectivity index (χ1v) is 7.51. The summed E-state index contributed by atoms with van der Waals surface area (Å²) in [5, 5.41) is 10.8. The van der Waals surface area contributed by atoms with Crippen molar-refractivity contribution >= 4 is 0 Å². The molecule has 116 valence electrons. The molecule has 2 aliphatic heterocycles. The molecule has 1 aromatic carbocycles. The fourth-order valence-corrected chi connectivity index (χ4v) is 4.60. The molecule has 1 saturated heterocycles. The zero-order valence-electron chi connectivity index (χ0n) is 18.2. The molecule has 1 N–H and O–H groups in total. The molecule has 5 atom stereocenters. The Balaban J connectivity index is 1.86. The highest BCUT2D eigenvalue weighted by molar-refractivity contribution is 5.62. The number of hydrogen-bond acceptors (Lipinski definition) is 4. The summed E-state index contributed by atoms with van der Waals surface area (Å²) >= 11 is 0. The van der Waals surface area contributed by atoms with Crippen molar-refractivity contribution in [2.75, 3.05) is 20.6 Å². The van der Waals surface area contributed by atoms with Gasteiger partial charge in [-0.25, -0.2) is 0 Å². The Morgan fingerprint density at radius 3 is 3.23 bits per heavy atom. The van der Waals surface area contributed by atoms with E-state index >= 15 is 0 Å². The van der Waals surface area contributed by atoms with Gasteiger partial charge in [0.05, 0.1) is 9.85 Å². The van der Waals surface area contributed by atoms with Gasteiger partial charge in [-0.05, 0) is 38.0 Å². The summed E-state index contributed by atoms with van der Waals surface area (Å²) < 4.78 is 62.0. The van der Waals surface area contributed by atoms with Crippen molar-refractivity contribution in [3.63, 3.8) is 0 Å². The Morgan fingerprint density at radius 2 is 2.41 bits per heavy atom. The predicted molar refractivity (Wildman–Crippen MR) is 82.5 cm³/mol. The maximum atomic E-state index is 10.8. The lowest BCUT2D eigenvalue weighted by Crippen LogP contribution is -2.64. The van der Waals surface area contributed by atoms with E-state index in [-0.39, 0.29) is 19.4 Å². The van der Waals surface area contributed by atoms with Crippen molar-refractivity contribution in [2.45, 2.75) is 36.4 Å². The minimum absolute atomic E-state index is 0.0422. The Morgan fingerprint density at radius 1 is 1.50 bits per heavy atom. The van der Waals surface area contributed by atoms with Crippen molar-refractivity contribution < 1.29 is 22.8 Å². The van der Waals surface area contributed by atoms with Crippen LogP contribution in [-0.2, 0) is 11.8 Å². The normalized spacial score (nSPS) is 55.6. The number of nitrogens with zero attached hydrogens (tertiary/aromatic N) is 1. The minimum atomic E-state index is -2.47. The summed E-state index contributed by atoms with van der Waals surface area (Å²) in [4.78, 5) is 1.21. The molecule has 2 heterocycles. The number of methoxy groups -OCH3 is 1. The molecule has 0 saturated carbocycles. The van der Waals surface area contributed by atoms with E-state index < -0.39 is 36.5 Å². The van der Waals surface area contributed by atoms with Gasteiger partial charge in [0.25, 0.3) is 0 Å². The number of benzene rings is 1. The number of ether oxygens (including phenoxy) is 2. The second-order valence-corrected chi connectivity index (χ2v) is 6.33. The Hall–Kier alpha value is -1.52. The zero-order valence-corrected chi connectivity index (χ0v) is 12.2. The summed E-state index contributed by atoms with van der Waals surface area (Å²) in [6.07, 6.45) is -1.43. The van der Waals surface area contributed by atoms with Crippen LogP contribution >= 0.6 is 0 Å². The lowest BCUT2D eigenvalue weighted by Gasteiger charge is -2.56. The van der Waals surface area contributed by atoms with E-state index in [4.69, 9.17) is 16.3 Å². The maximum Gasteiger partial charge on any atom is 0.165 e. The average Bonchev–Trinajstić information content (AvgIpc) is 2.84. The molecule has 2 aliphatic carbocycles. The summed E-state index contributed by atoms with van der Waals surface area (Å²) in [6.45, 7) is -2.43. The van der Waals surface area contributed by atoms with E-state index in [0.29, 0.717) is 22.6 Å². The number of rotatable bonds is 1. The lowest BCUT2D eigenvalue weighted by molar-refractivity contribution is -0.0453. The lowest BCUT2D eigenvalue weighted by atomic mass is 9.53. The van der Waals surface area contributed by atoms with Gasteiger partial charge < -0.3 is 19.5 Å². The molecule has 22 heavy (non-hydrogen) atoms. The molecule has 0 radical (unpaired) electrons. The third-order valence-electron chi connectivity index (χ3n) is 5.50. The van der Waals surface area contributed by atoms with E-state index in [0.717, 1.165) is 0 Å². The Labute approximate surface area is 138 Å². The molecule has 1 spiro atoms. The van der Waals surface area contributed by atoms with E-state index in [9.17, 15) is 6.48 Å². The van der Waals surface area contributed by atoms with Gasteiger partial charge in [-0.3, -0.25) is 0 Å². The van der Waals surface area contributed by atoms with Crippen LogP contribution in [0.2, 0.25) is 0 Å². The number of likely N-dealkylation sites (N-methyl/N-ethyl adjacent to an activating group) is 1. The first-order chi connectivity index (χ1) is 12.9. The third-order valence-corrected chi connectivity index (χ3v) is 5.50. The monoisotopic (exact) mass is 305 g/mol. The summed E-state index contributed by atoms with van der Waals surface area (Å²) in [6, 6.07) is 1.90. The van der Waals surface area contributed by atoms with Crippen LogP contribution in [0.25, 0.3) is 0 Å². The first kappa shape index (κ1) is 8.37. The highest BCUT2D eigenvalue weighted by atomic mass is 16.5. The average molecular weight is 305 g/mol. The number of hydrogen-bond donors (Lipinski definition) is 1. The molecule has 2 unspecified atom stereocenters. The van der Waals surface area contributed by atoms with Crippen molar-refractivity contribution in [2.24, 2.45) is 5.92 Å². The Bertz CT molecular complexity index is 917. The van der Waals surface area contributed by atoms with Gasteiger partial charge in [0, 0.05) is 28.4 Å². The predicted octanol–water partition coefficient (Wildman–Crippen LogP) is 1.50. The van der Waals surface area contributed by atoms with Crippen LogP contribution in [0.4, 0.5) is 0 Å². The van der Waals surface area contributed by atoms with Crippen LogP contribution in [0.1, 0.15) is 25.8 Å². The van der Waals surface area contributed by atoms with Crippen LogP contribution in [0.3, 0.4) is 0 Å². The van der Waals surface area contributed by atoms with Gasteiger partial charge in [-0.2, -0.15) is 0 Å². The molecular formula is C18H21NO3. The van der Waals surface area contributed by atoms with Crippen molar-refractivity contribution in [3.8, 4) is 11.5 Å². The van der Waals surface area contributed by atoms with Gasteiger partial charge in [0.1, 0.15) is 12.2 Å². The first-order valence-electron chi connectivity index (χ1n) is 10.5. The van der Waals surface area contributed by atoms with Crippen molar-refractivity contribution in [1.82, 2.24) is 4.90 Å². The van der Waals surface area contributed by atoms with Gasteiger partial charge in [0.2, 0.25) is 0 Å². The van der Waals surface area contributed by atoms with E-state index in [2.05, 4.69) is 0 Å². The van der Waals surface area contributed by atoms with Crippen molar-refractivity contribution in [3.05, 3.63) is 35.4 Å². The molecule has 1 aromatic rings. The van der Waals surface area contributed by atoms with Crippen molar-refractivity contribution in [1.29, 1.82) is 0 Å². The number of piperidine rings is 1. The Kier molecular flexibility index (Phi) is 1.54. The van der Waals surface area contributed by atoms with Gasteiger partial charge >= 0.3 is 0 Å². The van der Waals surface area contributed by atoms with E-state index in [1.54, 1.807) is 18.2 Å². The maximum absolute atomic E-state index is 10.8. The standard InChI is InChI=1S/C18H21NO3/c1-19-8-7-18-11-4-5-13(20)17(18)22-16-14(21-2)6-3-10(15(16)18)9-12(11)19/h3-6,11-13,17,20H,7-9H2,1-2H3/t11-,12+,13?,17?,18-/m0/s1/i1D3,12D,13D,17D. The van der Waals surface area contributed by atoms with E-state index in [1.165, 1.54) is 18.1 Å². The topological polar surface area (TPSA) is 41.9 Å². The van der Waals surface area contributed by atoms with Crippen LogP contribution in [-0.4, -0.2) is 48.8 Å². The molecule has 5 rings (SSSR count). The molecular weight excluding hydrogens is 278 g/mol. The number of aliphatic hydroxyl groups is 1. The second-order valence-electron chi connectivity index (χ2n) is 6.33. The highest BCUT2D eigenvalue weighted by Crippen LogP contribution is 2.62. The largest absolute Gasteiger partial charge is 0.493 e. The van der Waals surface area contributed by atoms with Gasteiger partial charge in [-0.15, -0.1) is 0 Å².